The van der Waals surface area contributed by atoms with E-state index in [9.17, 15) is 8.42 Å². The van der Waals surface area contributed by atoms with Crippen LogP contribution in [0.5, 0.6) is 0 Å². The summed E-state index contributed by atoms with van der Waals surface area (Å²) >= 11 is 3.25. The lowest BCUT2D eigenvalue weighted by molar-refractivity contribution is 0.434. The molecule has 0 fully saturated rings. The fourth-order valence-electron chi connectivity index (χ4n) is 1.52. The van der Waals surface area contributed by atoms with Crippen LogP contribution in [0.25, 0.3) is 0 Å². The van der Waals surface area contributed by atoms with E-state index in [1.165, 1.54) is 6.07 Å². The van der Waals surface area contributed by atoms with Gasteiger partial charge in [0.05, 0.1) is 5.69 Å². The highest BCUT2D eigenvalue weighted by molar-refractivity contribution is 9.10. The summed E-state index contributed by atoms with van der Waals surface area (Å²) < 4.78 is 27.8. The Hall–Kier alpha value is -0.590. The van der Waals surface area contributed by atoms with E-state index in [-0.39, 0.29) is 22.5 Å². The maximum atomic E-state index is 12.2. The highest BCUT2D eigenvalue weighted by atomic mass is 79.9. The molecule has 1 aromatic rings. The minimum absolute atomic E-state index is 0.118. The Morgan fingerprint density at radius 2 is 2.00 bits per heavy atom. The second-order valence-corrected chi connectivity index (χ2v) is 7.08. The van der Waals surface area contributed by atoms with Crippen molar-refractivity contribution in [2.75, 3.05) is 5.73 Å². The van der Waals surface area contributed by atoms with Crippen LogP contribution < -0.4 is 10.5 Å². The van der Waals surface area contributed by atoms with Gasteiger partial charge in [0.1, 0.15) is 4.90 Å². The molecule has 0 spiro atoms. The largest absolute Gasteiger partial charge is 0.398 e. The molecule has 0 saturated heterocycles. The zero-order valence-corrected chi connectivity index (χ0v) is 13.2. The van der Waals surface area contributed by atoms with Gasteiger partial charge in [0.25, 0.3) is 0 Å². The standard InChI is InChI=1S/C12H19BrN2O2S/c1-4-8(2)9(3)15-18(16,17)12-7-10(13)5-6-11(12)14/h5-9,15H,4,14H2,1-3H3. The molecular weight excluding hydrogens is 316 g/mol. The zero-order chi connectivity index (χ0) is 13.9. The first-order valence-corrected chi connectivity index (χ1v) is 8.13. The fraction of sp³-hybridized carbons (Fsp3) is 0.500. The van der Waals surface area contributed by atoms with Crippen molar-refractivity contribution in [1.82, 2.24) is 4.72 Å². The van der Waals surface area contributed by atoms with Crippen molar-refractivity contribution in [3.8, 4) is 0 Å². The highest BCUT2D eigenvalue weighted by Crippen LogP contribution is 2.23. The van der Waals surface area contributed by atoms with Crippen LogP contribution in [0, 0.1) is 5.92 Å². The minimum Gasteiger partial charge on any atom is -0.398 e. The van der Waals surface area contributed by atoms with E-state index >= 15 is 0 Å². The van der Waals surface area contributed by atoms with Crippen LogP contribution in [0.2, 0.25) is 0 Å². The first-order valence-electron chi connectivity index (χ1n) is 5.85. The van der Waals surface area contributed by atoms with Crippen molar-refractivity contribution in [1.29, 1.82) is 0 Å². The zero-order valence-electron chi connectivity index (χ0n) is 10.8. The third-order valence-corrected chi connectivity index (χ3v) is 5.21. The van der Waals surface area contributed by atoms with Crippen LogP contribution in [-0.2, 0) is 10.0 Å². The lowest BCUT2D eigenvalue weighted by Crippen LogP contribution is -2.37. The quantitative estimate of drug-likeness (QED) is 0.813. The Morgan fingerprint density at radius 1 is 1.39 bits per heavy atom. The number of nitrogen functional groups attached to an aromatic ring is 1. The number of sulfonamides is 1. The van der Waals surface area contributed by atoms with E-state index < -0.39 is 10.0 Å². The summed E-state index contributed by atoms with van der Waals surface area (Å²) in [7, 11) is -3.57. The Bertz CT molecular complexity index is 517. The van der Waals surface area contributed by atoms with E-state index in [1.54, 1.807) is 12.1 Å². The molecule has 0 aliphatic rings. The van der Waals surface area contributed by atoms with Gasteiger partial charge in [0.2, 0.25) is 10.0 Å². The predicted molar refractivity (Wildman–Crippen MR) is 77.8 cm³/mol. The lowest BCUT2D eigenvalue weighted by Gasteiger charge is -2.20. The van der Waals surface area contributed by atoms with Crippen LogP contribution in [0.3, 0.4) is 0 Å². The molecule has 1 rings (SSSR count). The molecule has 1 aromatic carbocycles. The topological polar surface area (TPSA) is 72.2 Å². The van der Waals surface area contributed by atoms with E-state index in [1.807, 2.05) is 20.8 Å². The molecule has 0 radical (unpaired) electrons. The molecule has 0 aliphatic carbocycles. The Balaban J connectivity index is 3.03. The maximum Gasteiger partial charge on any atom is 0.242 e. The van der Waals surface area contributed by atoms with Crippen LogP contribution in [0.4, 0.5) is 5.69 Å². The second kappa shape index (κ2) is 6.04. The van der Waals surface area contributed by atoms with Crippen molar-refractivity contribution >= 4 is 31.6 Å². The Labute approximate surface area is 117 Å². The van der Waals surface area contributed by atoms with Crippen LogP contribution in [0.15, 0.2) is 27.6 Å². The molecule has 0 saturated carbocycles. The van der Waals surface area contributed by atoms with Crippen molar-refractivity contribution in [2.45, 2.75) is 38.1 Å². The number of rotatable bonds is 5. The minimum atomic E-state index is -3.57. The second-order valence-electron chi connectivity index (χ2n) is 4.48. The SMILES string of the molecule is CCC(C)C(C)NS(=O)(=O)c1cc(Br)ccc1N. The first-order chi connectivity index (χ1) is 8.27. The molecule has 0 aliphatic heterocycles. The molecule has 18 heavy (non-hydrogen) atoms. The van der Waals surface area contributed by atoms with Gasteiger partial charge in [-0.15, -0.1) is 0 Å². The predicted octanol–water partition coefficient (Wildman–Crippen LogP) is 2.74. The van der Waals surface area contributed by atoms with Gasteiger partial charge in [-0.2, -0.15) is 0 Å². The van der Waals surface area contributed by atoms with Crippen molar-refractivity contribution in [3.05, 3.63) is 22.7 Å². The lowest BCUT2D eigenvalue weighted by atomic mass is 10.0. The van der Waals surface area contributed by atoms with Crippen molar-refractivity contribution in [2.24, 2.45) is 5.92 Å². The fourth-order valence-corrected chi connectivity index (χ4v) is 3.54. The summed E-state index contributed by atoms with van der Waals surface area (Å²) in [6, 6.07) is 4.68. The number of hydrogen-bond donors (Lipinski definition) is 2. The Morgan fingerprint density at radius 3 is 2.56 bits per heavy atom. The van der Waals surface area contributed by atoms with Crippen LogP contribution >= 0.6 is 15.9 Å². The summed E-state index contributed by atoms with van der Waals surface area (Å²) in [5.41, 5.74) is 5.97. The molecule has 2 atom stereocenters. The number of nitrogens with two attached hydrogens (primary N) is 1. The molecule has 2 unspecified atom stereocenters. The van der Waals surface area contributed by atoms with Gasteiger partial charge in [0.15, 0.2) is 0 Å². The van der Waals surface area contributed by atoms with Gasteiger partial charge < -0.3 is 5.73 Å². The molecule has 0 amide bonds. The highest BCUT2D eigenvalue weighted by Gasteiger charge is 2.22. The summed E-state index contributed by atoms with van der Waals surface area (Å²) in [5.74, 6) is 0.271. The third kappa shape index (κ3) is 3.70. The smallest absolute Gasteiger partial charge is 0.242 e. The van der Waals surface area contributed by atoms with Gasteiger partial charge in [-0.3, -0.25) is 0 Å². The van der Waals surface area contributed by atoms with Gasteiger partial charge in [-0.1, -0.05) is 36.2 Å². The normalized spacial score (nSPS) is 15.3. The average Bonchev–Trinajstić information content (AvgIpc) is 2.30. The summed E-state index contributed by atoms with van der Waals surface area (Å²) in [6.07, 6.45) is 0.914. The monoisotopic (exact) mass is 334 g/mol. The molecule has 102 valence electrons. The number of halogens is 1. The number of hydrogen-bond acceptors (Lipinski definition) is 3. The van der Waals surface area contributed by atoms with Gasteiger partial charge in [-0.25, -0.2) is 13.1 Å². The van der Waals surface area contributed by atoms with Gasteiger partial charge >= 0.3 is 0 Å². The van der Waals surface area contributed by atoms with E-state index in [0.717, 1.165) is 6.42 Å². The van der Waals surface area contributed by atoms with E-state index in [0.29, 0.717) is 4.47 Å². The summed E-state index contributed by atoms with van der Waals surface area (Å²) in [4.78, 5) is 0.118. The average molecular weight is 335 g/mol. The van der Waals surface area contributed by atoms with Crippen molar-refractivity contribution in [3.63, 3.8) is 0 Å². The molecule has 6 heteroatoms. The van der Waals surface area contributed by atoms with Gasteiger partial charge in [0, 0.05) is 10.5 Å². The number of benzene rings is 1. The van der Waals surface area contributed by atoms with Gasteiger partial charge in [-0.05, 0) is 31.0 Å². The molecule has 4 nitrogen and oxygen atoms in total. The van der Waals surface area contributed by atoms with E-state index in [2.05, 4.69) is 20.7 Å². The third-order valence-electron chi connectivity index (χ3n) is 3.10. The summed E-state index contributed by atoms with van der Waals surface area (Å²) in [6.45, 7) is 5.90. The van der Waals surface area contributed by atoms with Crippen LogP contribution in [-0.4, -0.2) is 14.5 Å². The summed E-state index contributed by atoms with van der Waals surface area (Å²) in [5, 5.41) is 0. The van der Waals surface area contributed by atoms with Crippen molar-refractivity contribution < 1.29 is 8.42 Å². The molecule has 0 heterocycles. The Kier molecular flexibility index (Phi) is 5.19. The maximum absolute atomic E-state index is 12.2. The number of anilines is 1. The molecule has 0 bridgehead atoms. The van der Waals surface area contributed by atoms with E-state index in [4.69, 9.17) is 5.73 Å². The molecule has 0 aromatic heterocycles. The van der Waals surface area contributed by atoms with Crippen LogP contribution in [0.1, 0.15) is 27.2 Å². The molecule has 3 N–H and O–H groups in total. The first kappa shape index (κ1) is 15.5. The number of nitrogens with one attached hydrogen (secondary N) is 1. The molecular formula is C12H19BrN2O2S.